The van der Waals surface area contributed by atoms with E-state index in [2.05, 4.69) is 21.7 Å². The first-order valence-corrected chi connectivity index (χ1v) is 10.7. The molecular formula is C25H28N4O2. The fourth-order valence-electron chi connectivity index (χ4n) is 4.11. The van der Waals surface area contributed by atoms with Crippen LogP contribution >= 0.6 is 0 Å². The number of nitrogens with one attached hydrogen (secondary N) is 2. The molecule has 1 aliphatic rings. The van der Waals surface area contributed by atoms with Crippen molar-refractivity contribution in [3.8, 4) is 0 Å². The Bertz CT molecular complexity index is 1130. The van der Waals surface area contributed by atoms with Gasteiger partial charge in [-0.15, -0.1) is 0 Å². The van der Waals surface area contributed by atoms with Crippen molar-refractivity contribution >= 4 is 28.4 Å². The Morgan fingerprint density at radius 1 is 1.19 bits per heavy atom. The highest BCUT2D eigenvalue weighted by atomic mass is 16.2. The van der Waals surface area contributed by atoms with Crippen LogP contribution in [0.3, 0.4) is 0 Å². The third kappa shape index (κ3) is 4.16. The normalized spacial score (nSPS) is 17.2. The number of hydrogen-bond acceptors (Lipinski definition) is 4. The van der Waals surface area contributed by atoms with E-state index in [1.165, 1.54) is 0 Å². The topological polar surface area (TPSA) is 74.3 Å². The molecule has 0 spiro atoms. The summed E-state index contributed by atoms with van der Waals surface area (Å²) in [5.74, 6) is -0.251. The Balaban J connectivity index is 1.74. The SMILES string of the molecule is CNC(C)C(=O)NC1CCc2ccccc2N(Cc2c(C)cnc3ccccc23)C1=O. The van der Waals surface area contributed by atoms with E-state index in [1.54, 1.807) is 14.0 Å². The molecule has 0 radical (unpaired) electrons. The minimum atomic E-state index is -0.566. The zero-order valence-corrected chi connectivity index (χ0v) is 18.2. The third-order valence-corrected chi connectivity index (χ3v) is 6.11. The van der Waals surface area contributed by atoms with E-state index in [0.29, 0.717) is 13.0 Å². The summed E-state index contributed by atoms with van der Waals surface area (Å²) >= 11 is 0. The molecule has 3 aromatic rings. The number of carbonyl (C=O) groups is 2. The lowest BCUT2D eigenvalue weighted by Crippen LogP contribution is -2.52. The van der Waals surface area contributed by atoms with Crippen molar-refractivity contribution in [2.24, 2.45) is 0 Å². The summed E-state index contributed by atoms with van der Waals surface area (Å²) in [7, 11) is 1.73. The lowest BCUT2D eigenvalue weighted by atomic mass is 10.0. The van der Waals surface area contributed by atoms with E-state index in [4.69, 9.17) is 0 Å². The first-order chi connectivity index (χ1) is 15.0. The molecule has 0 aliphatic carbocycles. The van der Waals surface area contributed by atoms with E-state index in [9.17, 15) is 9.59 Å². The van der Waals surface area contributed by atoms with Crippen molar-refractivity contribution in [2.75, 3.05) is 11.9 Å². The number of pyridine rings is 1. The van der Waals surface area contributed by atoms with Crippen LogP contribution in [0.4, 0.5) is 5.69 Å². The van der Waals surface area contributed by atoms with Crippen LogP contribution in [0.25, 0.3) is 10.9 Å². The van der Waals surface area contributed by atoms with E-state index in [1.807, 2.05) is 60.5 Å². The monoisotopic (exact) mass is 416 g/mol. The zero-order valence-electron chi connectivity index (χ0n) is 18.2. The number of nitrogens with zero attached hydrogens (tertiary/aromatic N) is 2. The summed E-state index contributed by atoms with van der Waals surface area (Å²) in [6.07, 6.45) is 3.16. The molecule has 6 heteroatoms. The largest absolute Gasteiger partial charge is 0.343 e. The predicted octanol–water partition coefficient (Wildman–Crippen LogP) is 3.12. The van der Waals surface area contributed by atoms with Crippen molar-refractivity contribution in [3.63, 3.8) is 0 Å². The maximum absolute atomic E-state index is 13.7. The quantitative estimate of drug-likeness (QED) is 0.670. The molecule has 2 unspecified atom stereocenters. The average molecular weight is 417 g/mol. The molecule has 1 aliphatic heterocycles. The molecule has 2 N–H and O–H groups in total. The Labute approximate surface area is 182 Å². The molecule has 4 rings (SSSR count). The molecule has 2 atom stereocenters. The van der Waals surface area contributed by atoms with Gasteiger partial charge in [0.15, 0.2) is 0 Å². The number of fused-ring (bicyclic) bond motifs is 2. The standard InChI is InChI=1S/C25H28N4O2/c1-16-14-27-21-10-6-5-9-19(21)20(16)15-29-23-11-7-4-8-18(23)12-13-22(25(29)31)28-24(30)17(2)26-3/h4-11,14,17,22,26H,12-13,15H2,1-3H3,(H,28,30). The number of para-hydroxylation sites is 2. The second kappa shape index (κ2) is 8.86. The number of rotatable bonds is 5. The number of carbonyl (C=O) groups excluding carboxylic acids is 2. The molecule has 6 nitrogen and oxygen atoms in total. The van der Waals surface area contributed by atoms with E-state index in [-0.39, 0.29) is 17.9 Å². The minimum Gasteiger partial charge on any atom is -0.343 e. The molecule has 31 heavy (non-hydrogen) atoms. The summed E-state index contributed by atoms with van der Waals surface area (Å²) in [6, 6.07) is 15.1. The van der Waals surface area contributed by atoms with Crippen molar-refractivity contribution < 1.29 is 9.59 Å². The van der Waals surface area contributed by atoms with Gasteiger partial charge in [-0.05, 0) is 62.6 Å². The van der Waals surface area contributed by atoms with E-state index < -0.39 is 6.04 Å². The number of benzene rings is 2. The number of anilines is 1. The van der Waals surface area contributed by atoms with Gasteiger partial charge < -0.3 is 15.5 Å². The fourth-order valence-corrected chi connectivity index (χ4v) is 4.11. The van der Waals surface area contributed by atoms with Crippen LogP contribution in [0.15, 0.2) is 54.7 Å². The smallest absolute Gasteiger partial charge is 0.249 e. The summed E-state index contributed by atoms with van der Waals surface area (Å²) in [5, 5.41) is 6.94. The Kier molecular flexibility index (Phi) is 6.00. The Hall–Kier alpha value is -3.25. The first-order valence-electron chi connectivity index (χ1n) is 10.7. The van der Waals surface area contributed by atoms with Crippen LogP contribution in [0.1, 0.15) is 30.0 Å². The summed E-state index contributed by atoms with van der Waals surface area (Å²) in [5.41, 5.74) is 5.05. The van der Waals surface area contributed by atoms with Gasteiger partial charge in [0, 0.05) is 17.3 Å². The maximum Gasteiger partial charge on any atom is 0.249 e. The summed E-state index contributed by atoms with van der Waals surface area (Å²) in [4.78, 5) is 32.6. The van der Waals surface area contributed by atoms with Gasteiger partial charge in [-0.25, -0.2) is 0 Å². The van der Waals surface area contributed by atoms with Gasteiger partial charge in [0.1, 0.15) is 6.04 Å². The lowest BCUT2D eigenvalue weighted by Gasteiger charge is -2.28. The summed E-state index contributed by atoms with van der Waals surface area (Å²) in [6.45, 7) is 4.24. The number of aryl methyl sites for hydroxylation is 2. The second-order valence-corrected chi connectivity index (χ2v) is 8.10. The van der Waals surface area contributed by atoms with Gasteiger partial charge in [0.05, 0.1) is 18.1 Å². The average Bonchev–Trinajstić information content (AvgIpc) is 2.92. The van der Waals surface area contributed by atoms with Crippen molar-refractivity contribution in [2.45, 2.75) is 45.3 Å². The first kappa shape index (κ1) is 21.0. The Morgan fingerprint density at radius 2 is 1.94 bits per heavy atom. The number of likely N-dealkylation sites (N-methyl/N-ethyl adjacent to an activating group) is 1. The van der Waals surface area contributed by atoms with Crippen molar-refractivity contribution in [3.05, 3.63) is 71.4 Å². The van der Waals surface area contributed by atoms with Crippen LogP contribution in [-0.4, -0.2) is 35.9 Å². The molecule has 1 aromatic heterocycles. The molecule has 160 valence electrons. The van der Waals surface area contributed by atoms with Crippen molar-refractivity contribution in [1.82, 2.24) is 15.6 Å². The molecule has 0 bridgehead atoms. The maximum atomic E-state index is 13.7. The highest BCUT2D eigenvalue weighted by Gasteiger charge is 2.32. The van der Waals surface area contributed by atoms with Gasteiger partial charge in [-0.2, -0.15) is 0 Å². The van der Waals surface area contributed by atoms with Gasteiger partial charge in [0.2, 0.25) is 11.8 Å². The third-order valence-electron chi connectivity index (χ3n) is 6.11. The number of amides is 2. The number of aromatic nitrogens is 1. The van der Waals surface area contributed by atoms with E-state index >= 15 is 0 Å². The highest BCUT2D eigenvalue weighted by molar-refractivity contribution is 6.01. The Morgan fingerprint density at radius 3 is 2.74 bits per heavy atom. The van der Waals surface area contributed by atoms with Gasteiger partial charge >= 0.3 is 0 Å². The molecule has 2 amide bonds. The molecule has 0 saturated carbocycles. The van der Waals surface area contributed by atoms with Crippen LogP contribution in [-0.2, 0) is 22.6 Å². The van der Waals surface area contributed by atoms with Crippen LogP contribution in [0.5, 0.6) is 0 Å². The fraction of sp³-hybridized carbons (Fsp3) is 0.320. The van der Waals surface area contributed by atoms with Crippen LogP contribution < -0.4 is 15.5 Å². The van der Waals surface area contributed by atoms with Gasteiger partial charge in [-0.3, -0.25) is 14.6 Å². The van der Waals surface area contributed by atoms with Crippen LogP contribution in [0, 0.1) is 6.92 Å². The van der Waals surface area contributed by atoms with Gasteiger partial charge in [0.25, 0.3) is 0 Å². The van der Waals surface area contributed by atoms with Crippen LogP contribution in [0.2, 0.25) is 0 Å². The molecule has 0 fully saturated rings. The highest BCUT2D eigenvalue weighted by Crippen LogP contribution is 2.31. The second-order valence-electron chi connectivity index (χ2n) is 8.10. The van der Waals surface area contributed by atoms with E-state index in [0.717, 1.165) is 39.7 Å². The molecular weight excluding hydrogens is 388 g/mol. The molecule has 0 saturated heterocycles. The predicted molar refractivity (Wildman–Crippen MR) is 123 cm³/mol. The summed E-state index contributed by atoms with van der Waals surface area (Å²) < 4.78 is 0. The van der Waals surface area contributed by atoms with Crippen molar-refractivity contribution in [1.29, 1.82) is 0 Å². The van der Waals surface area contributed by atoms with Gasteiger partial charge in [-0.1, -0.05) is 36.4 Å². The minimum absolute atomic E-state index is 0.0816. The molecule has 2 heterocycles. The number of hydrogen-bond donors (Lipinski definition) is 2. The molecule has 2 aromatic carbocycles. The zero-order chi connectivity index (χ0) is 22.0. The lowest BCUT2D eigenvalue weighted by molar-refractivity contribution is -0.128.